The zero-order chi connectivity index (χ0) is 17.2. The fraction of sp³-hybridized carbons (Fsp3) is 0.737. The van der Waals surface area contributed by atoms with Gasteiger partial charge in [-0.25, -0.2) is 4.98 Å². The van der Waals surface area contributed by atoms with Gasteiger partial charge in [-0.1, -0.05) is 6.92 Å². The minimum atomic E-state index is 0.334. The molecule has 4 rings (SSSR count). The third-order valence-corrected chi connectivity index (χ3v) is 5.57. The fourth-order valence-corrected chi connectivity index (χ4v) is 3.92. The highest BCUT2D eigenvalue weighted by molar-refractivity contribution is 5.79. The second kappa shape index (κ2) is 7.18. The third kappa shape index (κ3) is 3.88. The number of nitrogens with one attached hydrogen (secondary N) is 1. The van der Waals surface area contributed by atoms with Crippen molar-refractivity contribution in [3.8, 4) is 0 Å². The first-order chi connectivity index (χ1) is 12.2. The smallest absolute Gasteiger partial charge is 0.227 e. The Bertz CT molecular complexity index is 624. The summed E-state index contributed by atoms with van der Waals surface area (Å²) in [5, 5.41) is 3.48. The minimum Gasteiger partial charge on any atom is -0.370 e. The molecule has 0 bridgehead atoms. The number of likely N-dealkylation sites (tertiary alicyclic amines) is 1. The van der Waals surface area contributed by atoms with Crippen molar-refractivity contribution in [2.75, 3.05) is 36.4 Å². The van der Waals surface area contributed by atoms with Crippen LogP contribution in [0.5, 0.6) is 0 Å². The molecule has 3 fully saturated rings. The van der Waals surface area contributed by atoms with Gasteiger partial charge in [-0.3, -0.25) is 4.79 Å². The molecule has 6 nitrogen and oxygen atoms in total. The molecule has 1 aromatic rings. The van der Waals surface area contributed by atoms with Gasteiger partial charge in [0.1, 0.15) is 5.82 Å². The number of carbonyl (C=O) groups excluding carboxylic acids is 1. The summed E-state index contributed by atoms with van der Waals surface area (Å²) in [5.41, 5.74) is 1.08. The lowest BCUT2D eigenvalue weighted by molar-refractivity contribution is -0.128. The molecule has 25 heavy (non-hydrogen) atoms. The van der Waals surface area contributed by atoms with Crippen LogP contribution in [0.2, 0.25) is 0 Å². The number of carbonyl (C=O) groups is 1. The highest BCUT2D eigenvalue weighted by atomic mass is 16.2. The van der Waals surface area contributed by atoms with E-state index in [0.29, 0.717) is 24.3 Å². The Morgan fingerprint density at radius 1 is 1.20 bits per heavy atom. The highest BCUT2D eigenvalue weighted by Crippen LogP contribution is 2.32. The summed E-state index contributed by atoms with van der Waals surface area (Å²) >= 11 is 0. The Balaban J connectivity index is 1.40. The van der Waals surface area contributed by atoms with Crippen molar-refractivity contribution in [2.45, 2.75) is 57.9 Å². The monoisotopic (exact) mass is 343 g/mol. The van der Waals surface area contributed by atoms with Crippen LogP contribution in [0.25, 0.3) is 0 Å². The van der Waals surface area contributed by atoms with Crippen molar-refractivity contribution >= 4 is 17.7 Å². The van der Waals surface area contributed by atoms with Crippen LogP contribution in [0.1, 0.15) is 51.1 Å². The van der Waals surface area contributed by atoms with Gasteiger partial charge in [0.15, 0.2) is 0 Å². The van der Waals surface area contributed by atoms with E-state index in [2.05, 4.69) is 28.1 Å². The van der Waals surface area contributed by atoms with Crippen LogP contribution < -0.4 is 10.2 Å². The van der Waals surface area contributed by atoms with Crippen LogP contribution in [0.3, 0.4) is 0 Å². The molecular formula is C19H29N5O. The standard InChI is InChI=1S/C19H29N5O/c1-2-15-11-17(22-19(21-15)23-8-4-3-5-9-23)20-12-14-10-18(25)24(13-14)16-6-7-16/h11,14,16H,2-10,12-13H2,1H3,(H,20,21,22)/t14-/m1/s1. The highest BCUT2D eigenvalue weighted by Gasteiger charge is 2.39. The first-order valence-corrected chi connectivity index (χ1v) is 9.89. The van der Waals surface area contributed by atoms with E-state index in [1.165, 1.54) is 32.1 Å². The van der Waals surface area contributed by atoms with E-state index in [9.17, 15) is 4.79 Å². The summed E-state index contributed by atoms with van der Waals surface area (Å²) in [6.07, 6.45) is 7.73. The molecule has 6 heteroatoms. The van der Waals surface area contributed by atoms with Crippen LogP contribution in [-0.2, 0) is 11.2 Å². The third-order valence-electron chi connectivity index (χ3n) is 5.57. The summed E-state index contributed by atoms with van der Waals surface area (Å²) in [4.78, 5) is 26.0. The van der Waals surface area contributed by atoms with E-state index in [1.54, 1.807) is 0 Å². The molecule has 0 aromatic carbocycles. The molecule has 136 valence electrons. The quantitative estimate of drug-likeness (QED) is 0.860. The lowest BCUT2D eigenvalue weighted by Gasteiger charge is -2.27. The number of rotatable bonds is 6. The molecule has 2 aliphatic heterocycles. The zero-order valence-electron chi connectivity index (χ0n) is 15.2. The van der Waals surface area contributed by atoms with Crippen LogP contribution in [0, 0.1) is 5.92 Å². The molecule has 1 aromatic heterocycles. The summed E-state index contributed by atoms with van der Waals surface area (Å²) < 4.78 is 0. The van der Waals surface area contributed by atoms with E-state index in [1.807, 2.05) is 0 Å². The van der Waals surface area contributed by atoms with Crippen LogP contribution in [0.15, 0.2) is 6.07 Å². The predicted octanol–water partition coefficient (Wildman–Crippen LogP) is 2.45. The average Bonchev–Trinajstić information content (AvgIpc) is 3.43. The van der Waals surface area contributed by atoms with E-state index in [4.69, 9.17) is 9.97 Å². The van der Waals surface area contributed by atoms with Crippen molar-refractivity contribution in [3.63, 3.8) is 0 Å². The first-order valence-electron chi connectivity index (χ1n) is 9.89. The molecule has 1 atom stereocenters. The van der Waals surface area contributed by atoms with Crippen LogP contribution in [0.4, 0.5) is 11.8 Å². The predicted molar refractivity (Wildman–Crippen MR) is 98.8 cm³/mol. The number of nitrogens with zero attached hydrogens (tertiary/aromatic N) is 4. The molecule has 0 radical (unpaired) electrons. The van der Waals surface area contributed by atoms with Gasteiger partial charge in [0.05, 0.1) is 0 Å². The molecule has 3 aliphatic rings. The van der Waals surface area contributed by atoms with Gasteiger partial charge in [0, 0.05) is 56.3 Å². The Morgan fingerprint density at radius 2 is 2.00 bits per heavy atom. The van der Waals surface area contributed by atoms with Crippen molar-refractivity contribution < 1.29 is 4.79 Å². The van der Waals surface area contributed by atoms with Gasteiger partial charge in [0.2, 0.25) is 11.9 Å². The van der Waals surface area contributed by atoms with Gasteiger partial charge in [-0.05, 0) is 38.5 Å². The normalized spacial score (nSPS) is 24.0. The lowest BCUT2D eigenvalue weighted by Crippen LogP contribution is -2.31. The summed E-state index contributed by atoms with van der Waals surface area (Å²) in [7, 11) is 0. The van der Waals surface area contributed by atoms with Crippen molar-refractivity contribution in [1.29, 1.82) is 0 Å². The topological polar surface area (TPSA) is 61.4 Å². The first kappa shape index (κ1) is 16.6. The van der Waals surface area contributed by atoms with Gasteiger partial charge in [-0.2, -0.15) is 4.98 Å². The van der Waals surface area contributed by atoms with Crippen LogP contribution in [-0.4, -0.2) is 53.0 Å². The number of hydrogen-bond acceptors (Lipinski definition) is 5. The van der Waals surface area contributed by atoms with Gasteiger partial charge < -0.3 is 15.1 Å². The Labute approximate surface area is 150 Å². The number of anilines is 2. The largest absolute Gasteiger partial charge is 0.370 e. The molecule has 0 unspecified atom stereocenters. The van der Waals surface area contributed by atoms with Crippen molar-refractivity contribution in [1.82, 2.24) is 14.9 Å². The summed E-state index contributed by atoms with van der Waals surface area (Å²) in [6.45, 7) is 5.96. The second-order valence-corrected chi connectivity index (χ2v) is 7.67. The lowest BCUT2D eigenvalue weighted by atomic mass is 10.1. The Hall–Kier alpha value is -1.85. The minimum absolute atomic E-state index is 0.334. The molecule has 0 spiro atoms. The summed E-state index contributed by atoms with van der Waals surface area (Å²) in [6, 6.07) is 2.59. The molecule has 1 N–H and O–H groups in total. The summed E-state index contributed by atoms with van der Waals surface area (Å²) in [5.74, 6) is 2.50. The van der Waals surface area contributed by atoms with Crippen molar-refractivity contribution in [3.05, 3.63) is 11.8 Å². The second-order valence-electron chi connectivity index (χ2n) is 7.67. The Morgan fingerprint density at radius 3 is 2.72 bits per heavy atom. The van der Waals surface area contributed by atoms with E-state index in [-0.39, 0.29) is 0 Å². The maximum Gasteiger partial charge on any atom is 0.227 e. The van der Waals surface area contributed by atoms with Crippen LogP contribution >= 0.6 is 0 Å². The maximum absolute atomic E-state index is 12.1. The number of aromatic nitrogens is 2. The number of piperidine rings is 1. The van der Waals surface area contributed by atoms with E-state index >= 15 is 0 Å². The van der Waals surface area contributed by atoms with E-state index in [0.717, 1.165) is 50.1 Å². The average molecular weight is 343 g/mol. The zero-order valence-corrected chi connectivity index (χ0v) is 15.2. The molecular weight excluding hydrogens is 314 g/mol. The van der Waals surface area contributed by atoms with Gasteiger partial charge in [-0.15, -0.1) is 0 Å². The molecule has 1 aliphatic carbocycles. The van der Waals surface area contributed by atoms with Crippen molar-refractivity contribution in [2.24, 2.45) is 5.92 Å². The van der Waals surface area contributed by atoms with Gasteiger partial charge >= 0.3 is 0 Å². The number of hydrogen-bond donors (Lipinski definition) is 1. The number of aryl methyl sites for hydroxylation is 1. The Kier molecular flexibility index (Phi) is 4.77. The SMILES string of the molecule is CCc1cc(NC[C@H]2CC(=O)N(C3CC3)C2)nc(N2CCCCC2)n1. The van der Waals surface area contributed by atoms with E-state index < -0.39 is 0 Å². The molecule has 1 amide bonds. The number of amides is 1. The maximum atomic E-state index is 12.1. The molecule has 3 heterocycles. The molecule has 1 saturated carbocycles. The molecule has 2 saturated heterocycles. The fourth-order valence-electron chi connectivity index (χ4n) is 3.92. The van der Waals surface area contributed by atoms with Gasteiger partial charge in [0.25, 0.3) is 0 Å².